The molecular weight excluding hydrogens is 687 g/mol. The lowest BCUT2D eigenvalue weighted by molar-refractivity contribution is 0.672. The molecule has 0 unspecified atom stereocenters. The van der Waals surface area contributed by atoms with E-state index in [1.165, 1.54) is 58.9 Å². The molecule has 3 heteroatoms. The molecule has 0 aliphatic rings. The van der Waals surface area contributed by atoms with Crippen LogP contribution >= 0.6 is 11.3 Å². The van der Waals surface area contributed by atoms with Crippen molar-refractivity contribution in [2.75, 3.05) is 4.90 Å². The first-order valence-electron chi connectivity index (χ1n) is 18.7. The van der Waals surface area contributed by atoms with E-state index < -0.39 is 0 Å². The maximum absolute atomic E-state index is 6.86. The monoisotopic (exact) mass is 719 g/mol. The van der Waals surface area contributed by atoms with Crippen LogP contribution < -0.4 is 4.90 Å². The van der Waals surface area contributed by atoms with Gasteiger partial charge in [-0.2, -0.15) is 0 Å². The second kappa shape index (κ2) is 12.9. The lowest BCUT2D eigenvalue weighted by Gasteiger charge is -2.26. The van der Waals surface area contributed by atoms with Crippen molar-refractivity contribution in [1.82, 2.24) is 0 Å². The van der Waals surface area contributed by atoms with Gasteiger partial charge in [-0.3, -0.25) is 0 Å². The number of fused-ring (bicyclic) bond motifs is 8. The van der Waals surface area contributed by atoms with Gasteiger partial charge in [0.2, 0.25) is 0 Å². The van der Waals surface area contributed by atoms with Crippen molar-refractivity contribution >= 4 is 81.3 Å². The molecule has 2 heterocycles. The van der Waals surface area contributed by atoms with Crippen LogP contribution in [-0.4, -0.2) is 0 Å². The fraction of sp³-hybridized carbons (Fsp3) is 0. The maximum Gasteiger partial charge on any atom is 0.143 e. The zero-order valence-corrected chi connectivity index (χ0v) is 30.6. The van der Waals surface area contributed by atoms with Crippen LogP contribution in [0.4, 0.5) is 17.1 Å². The summed E-state index contributed by atoms with van der Waals surface area (Å²) in [7, 11) is 0. The van der Waals surface area contributed by atoms with E-state index >= 15 is 0 Å². The molecule has 0 bridgehead atoms. The molecular formula is C52H33NOS. The predicted octanol–water partition coefficient (Wildman–Crippen LogP) is 15.6. The highest BCUT2D eigenvalue weighted by Gasteiger charge is 2.23. The molecule has 55 heavy (non-hydrogen) atoms. The lowest BCUT2D eigenvalue weighted by Crippen LogP contribution is -2.10. The van der Waals surface area contributed by atoms with Crippen molar-refractivity contribution < 1.29 is 4.42 Å². The van der Waals surface area contributed by atoms with Crippen LogP contribution in [-0.2, 0) is 0 Å². The molecule has 11 rings (SSSR count). The summed E-state index contributed by atoms with van der Waals surface area (Å²) in [5.74, 6) is 0. The number of hydrogen-bond acceptors (Lipinski definition) is 3. The van der Waals surface area contributed by atoms with E-state index in [0.717, 1.165) is 44.4 Å². The lowest BCUT2D eigenvalue weighted by atomic mass is 9.94. The average molecular weight is 720 g/mol. The maximum atomic E-state index is 6.86. The average Bonchev–Trinajstić information content (AvgIpc) is 3.84. The molecule has 0 atom stereocenters. The largest absolute Gasteiger partial charge is 0.455 e. The Balaban J connectivity index is 1.14. The second-order valence-electron chi connectivity index (χ2n) is 14.0. The highest BCUT2D eigenvalue weighted by Crippen LogP contribution is 2.48. The van der Waals surface area contributed by atoms with E-state index in [0.29, 0.717) is 0 Å². The Morgan fingerprint density at radius 1 is 0.382 bits per heavy atom. The summed E-state index contributed by atoms with van der Waals surface area (Å²) in [6.07, 6.45) is 0. The Hall–Kier alpha value is -6.94. The van der Waals surface area contributed by atoms with Crippen molar-refractivity contribution in [2.24, 2.45) is 0 Å². The topological polar surface area (TPSA) is 16.4 Å². The number of hydrogen-bond donors (Lipinski definition) is 0. The van der Waals surface area contributed by atoms with Gasteiger partial charge in [-0.25, -0.2) is 0 Å². The van der Waals surface area contributed by atoms with E-state index in [1.807, 2.05) is 11.3 Å². The van der Waals surface area contributed by atoms with Gasteiger partial charge in [0.25, 0.3) is 0 Å². The summed E-state index contributed by atoms with van der Waals surface area (Å²) in [5.41, 5.74) is 12.3. The van der Waals surface area contributed by atoms with Gasteiger partial charge in [-0.1, -0.05) is 152 Å². The number of benzene rings is 9. The molecule has 2 nitrogen and oxygen atoms in total. The van der Waals surface area contributed by atoms with Crippen LogP contribution in [0.5, 0.6) is 0 Å². The molecule has 0 saturated carbocycles. The number of furan rings is 1. The van der Waals surface area contributed by atoms with Crippen LogP contribution in [0, 0.1) is 0 Å². The van der Waals surface area contributed by atoms with Crippen molar-refractivity contribution in [3.63, 3.8) is 0 Å². The molecule has 2 aromatic heterocycles. The van der Waals surface area contributed by atoms with Gasteiger partial charge >= 0.3 is 0 Å². The molecule has 0 spiro atoms. The molecule has 0 aliphatic carbocycles. The van der Waals surface area contributed by atoms with E-state index in [2.05, 4.69) is 205 Å². The molecule has 0 radical (unpaired) electrons. The van der Waals surface area contributed by atoms with Crippen LogP contribution in [0.1, 0.15) is 0 Å². The predicted molar refractivity (Wildman–Crippen MR) is 235 cm³/mol. The normalized spacial score (nSPS) is 11.6. The third-order valence-electron chi connectivity index (χ3n) is 10.9. The quantitative estimate of drug-likeness (QED) is 0.170. The van der Waals surface area contributed by atoms with Gasteiger partial charge in [0, 0.05) is 47.9 Å². The summed E-state index contributed by atoms with van der Waals surface area (Å²) in [6.45, 7) is 0. The van der Waals surface area contributed by atoms with Crippen molar-refractivity contribution in [1.29, 1.82) is 0 Å². The Kier molecular flexibility index (Phi) is 7.39. The van der Waals surface area contributed by atoms with Crippen LogP contribution in [0.2, 0.25) is 0 Å². The third-order valence-corrected chi connectivity index (χ3v) is 12.1. The van der Waals surface area contributed by atoms with Crippen molar-refractivity contribution in [2.45, 2.75) is 0 Å². The van der Waals surface area contributed by atoms with E-state index in [4.69, 9.17) is 4.42 Å². The number of nitrogens with zero attached hydrogens (tertiary/aromatic N) is 1. The van der Waals surface area contributed by atoms with Crippen LogP contribution in [0.3, 0.4) is 0 Å². The smallest absolute Gasteiger partial charge is 0.143 e. The Morgan fingerprint density at radius 3 is 1.75 bits per heavy atom. The van der Waals surface area contributed by atoms with Crippen molar-refractivity contribution in [3.8, 4) is 33.4 Å². The number of rotatable bonds is 6. The molecule has 9 aromatic carbocycles. The molecule has 0 N–H and O–H groups in total. The second-order valence-corrected chi connectivity index (χ2v) is 15.1. The Morgan fingerprint density at radius 2 is 0.982 bits per heavy atom. The highest BCUT2D eigenvalue weighted by atomic mass is 32.1. The van der Waals surface area contributed by atoms with Gasteiger partial charge < -0.3 is 9.32 Å². The standard InChI is InChI=1S/C52H33NOS/c1-4-14-34(15-5-1)36-26-29-39(30-27-36)53(38-18-8-3-9-19-38)47-24-13-25-48-50(47)46-33-45(40-20-10-11-21-42(40)51(46)54-48)44-23-12-22-43-41-31-28-37(32-49(41)55-52(43)44)35-16-6-2-7-17-35/h1-33H. The fourth-order valence-corrected chi connectivity index (χ4v) is 9.57. The van der Waals surface area contributed by atoms with Gasteiger partial charge in [-0.15, -0.1) is 11.3 Å². The first kappa shape index (κ1) is 31.6. The number of para-hydroxylation sites is 1. The number of anilines is 3. The van der Waals surface area contributed by atoms with Gasteiger partial charge in [0.1, 0.15) is 11.2 Å². The Bertz CT molecular complexity index is 3180. The van der Waals surface area contributed by atoms with E-state index in [9.17, 15) is 0 Å². The summed E-state index contributed by atoms with van der Waals surface area (Å²) in [6, 6.07) is 71.9. The molecule has 11 aromatic rings. The highest BCUT2D eigenvalue weighted by molar-refractivity contribution is 7.26. The minimum atomic E-state index is 0.866. The molecule has 0 saturated heterocycles. The van der Waals surface area contributed by atoms with Gasteiger partial charge in [0.15, 0.2) is 0 Å². The van der Waals surface area contributed by atoms with Gasteiger partial charge in [0.05, 0.1) is 11.1 Å². The third kappa shape index (κ3) is 5.24. The van der Waals surface area contributed by atoms with E-state index in [-0.39, 0.29) is 0 Å². The van der Waals surface area contributed by atoms with Gasteiger partial charge in [-0.05, 0) is 81.7 Å². The summed E-state index contributed by atoms with van der Waals surface area (Å²) >= 11 is 1.88. The Labute approximate surface area is 322 Å². The molecule has 0 fully saturated rings. The first-order chi connectivity index (χ1) is 27.3. The zero-order valence-electron chi connectivity index (χ0n) is 29.8. The van der Waals surface area contributed by atoms with Crippen LogP contribution in [0.15, 0.2) is 205 Å². The fourth-order valence-electron chi connectivity index (χ4n) is 8.30. The molecule has 0 amide bonds. The first-order valence-corrected chi connectivity index (χ1v) is 19.5. The minimum Gasteiger partial charge on any atom is -0.455 e. The minimum absolute atomic E-state index is 0.866. The summed E-state index contributed by atoms with van der Waals surface area (Å²) < 4.78 is 9.45. The SMILES string of the molecule is c1ccc(-c2ccc(N(c3ccccc3)c3cccc4oc5c6ccccc6c(-c6cccc7c6sc6cc(-c8ccccc8)ccc67)cc5c34)cc2)cc1. The zero-order chi connectivity index (χ0) is 36.3. The number of thiophene rings is 1. The van der Waals surface area contributed by atoms with E-state index in [1.54, 1.807) is 0 Å². The molecule has 0 aliphatic heterocycles. The summed E-state index contributed by atoms with van der Waals surface area (Å²) in [5, 5.41) is 7.07. The van der Waals surface area contributed by atoms with Crippen LogP contribution in [0.25, 0.3) is 86.3 Å². The van der Waals surface area contributed by atoms with Crippen molar-refractivity contribution in [3.05, 3.63) is 200 Å². The molecule has 258 valence electrons. The summed E-state index contributed by atoms with van der Waals surface area (Å²) in [4.78, 5) is 2.36.